The first-order valence-electron chi connectivity index (χ1n) is 7.91. The monoisotopic (exact) mass is 310 g/mol. The molecule has 0 bridgehead atoms. The van der Waals surface area contributed by atoms with Crippen molar-refractivity contribution in [3.63, 3.8) is 0 Å². The van der Waals surface area contributed by atoms with Crippen molar-refractivity contribution in [2.75, 3.05) is 0 Å². The maximum Gasteiger partial charge on any atom is 0.337 e. The molecule has 3 aromatic rings. The van der Waals surface area contributed by atoms with Crippen LogP contribution in [0.15, 0.2) is 40.2 Å². The lowest BCUT2D eigenvalue weighted by atomic mass is 10.2. The van der Waals surface area contributed by atoms with Gasteiger partial charge in [-0.3, -0.25) is 9.36 Å². The van der Waals surface area contributed by atoms with Gasteiger partial charge in [-0.25, -0.2) is 14.3 Å². The highest BCUT2D eigenvalue weighted by atomic mass is 16.2. The first kappa shape index (κ1) is 14.0. The van der Waals surface area contributed by atoms with Gasteiger partial charge in [-0.05, 0) is 38.8 Å². The topological polar surface area (TPSA) is 61.8 Å². The van der Waals surface area contributed by atoms with E-state index in [1.165, 1.54) is 4.57 Å². The van der Waals surface area contributed by atoms with Gasteiger partial charge in [0.15, 0.2) is 11.2 Å². The Morgan fingerprint density at radius 1 is 1.17 bits per heavy atom. The van der Waals surface area contributed by atoms with Crippen LogP contribution in [0.2, 0.25) is 0 Å². The zero-order chi connectivity index (χ0) is 16.1. The Bertz CT molecular complexity index is 1000. The summed E-state index contributed by atoms with van der Waals surface area (Å²) in [4.78, 5) is 30.1. The zero-order valence-electron chi connectivity index (χ0n) is 13.2. The molecule has 1 fully saturated rings. The van der Waals surface area contributed by atoms with Crippen LogP contribution in [0.5, 0.6) is 0 Å². The molecule has 0 unspecified atom stereocenters. The lowest BCUT2D eigenvalue weighted by Gasteiger charge is -2.12. The van der Waals surface area contributed by atoms with E-state index >= 15 is 0 Å². The number of aromatic nitrogens is 4. The summed E-state index contributed by atoms with van der Waals surface area (Å²) < 4.78 is 4.76. The lowest BCUT2D eigenvalue weighted by Crippen LogP contribution is -2.39. The Kier molecular flexibility index (Phi) is 3.01. The van der Waals surface area contributed by atoms with Crippen molar-refractivity contribution in [2.45, 2.75) is 39.3 Å². The first-order chi connectivity index (χ1) is 11.1. The minimum Gasteiger partial charge on any atom is -0.325 e. The summed E-state index contributed by atoms with van der Waals surface area (Å²) in [5.74, 6) is 0. The summed E-state index contributed by atoms with van der Waals surface area (Å²) in [5.41, 5.74) is 2.27. The van der Waals surface area contributed by atoms with Crippen LogP contribution in [0.1, 0.15) is 31.4 Å². The van der Waals surface area contributed by atoms with Gasteiger partial charge in [-0.1, -0.05) is 17.7 Å². The van der Waals surface area contributed by atoms with Crippen LogP contribution in [0, 0.1) is 6.92 Å². The molecule has 0 amide bonds. The van der Waals surface area contributed by atoms with Gasteiger partial charge in [-0.2, -0.15) is 0 Å². The summed E-state index contributed by atoms with van der Waals surface area (Å²) in [5, 5.41) is 0. The SMILES string of the molecule is CCn1cnc2c1c(=O)n(C1CC1)c(=O)n2-c1ccc(C)cc1. The number of aryl methyl sites for hydroxylation is 2. The fraction of sp³-hybridized carbons (Fsp3) is 0.353. The molecule has 0 radical (unpaired) electrons. The highest BCUT2D eigenvalue weighted by Crippen LogP contribution is 2.32. The lowest BCUT2D eigenvalue weighted by molar-refractivity contribution is 0.638. The Morgan fingerprint density at radius 2 is 1.87 bits per heavy atom. The molecule has 2 heterocycles. The smallest absolute Gasteiger partial charge is 0.325 e. The first-order valence-corrected chi connectivity index (χ1v) is 7.91. The van der Waals surface area contributed by atoms with E-state index in [0.29, 0.717) is 17.7 Å². The van der Waals surface area contributed by atoms with Gasteiger partial charge >= 0.3 is 5.69 Å². The van der Waals surface area contributed by atoms with Crippen molar-refractivity contribution in [1.82, 2.24) is 18.7 Å². The van der Waals surface area contributed by atoms with E-state index < -0.39 is 0 Å². The van der Waals surface area contributed by atoms with Gasteiger partial charge in [0.1, 0.15) is 0 Å². The third-order valence-electron chi connectivity index (χ3n) is 4.39. The van der Waals surface area contributed by atoms with Crippen LogP contribution in [-0.2, 0) is 6.54 Å². The molecule has 0 aliphatic heterocycles. The molecule has 2 aromatic heterocycles. The number of fused-ring (bicyclic) bond motifs is 1. The Hall–Kier alpha value is -2.63. The molecule has 6 heteroatoms. The molecule has 1 saturated carbocycles. The Morgan fingerprint density at radius 3 is 2.48 bits per heavy atom. The van der Waals surface area contributed by atoms with E-state index in [0.717, 1.165) is 24.1 Å². The zero-order valence-corrected chi connectivity index (χ0v) is 13.2. The van der Waals surface area contributed by atoms with Crippen molar-refractivity contribution in [2.24, 2.45) is 0 Å². The van der Waals surface area contributed by atoms with Crippen molar-refractivity contribution in [3.05, 3.63) is 57.0 Å². The fourth-order valence-corrected chi connectivity index (χ4v) is 2.97. The second kappa shape index (κ2) is 4.94. The predicted molar refractivity (Wildman–Crippen MR) is 88.3 cm³/mol. The molecule has 118 valence electrons. The normalized spacial score (nSPS) is 14.5. The number of hydrogen-bond donors (Lipinski definition) is 0. The molecule has 1 aromatic carbocycles. The summed E-state index contributed by atoms with van der Waals surface area (Å²) in [6.07, 6.45) is 3.40. The van der Waals surface area contributed by atoms with Gasteiger partial charge in [-0.15, -0.1) is 0 Å². The van der Waals surface area contributed by atoms with E-state index in [2.05, 4.69) is 4.98 Å². The molecule has 0 saturated heterocycles. The molecule has 1 aliphatic rings. The van der Waals surface area contributed by atoms with Crippen LogP contribution in [0.25, 0.3) is 16.9 Å². The molecule has 23 heavy (non-hydrogen) atoms. The fourth-order valence-electron chi connectivity index (χ4n) is 2.97. The van der Waals surface area contributed by atoms with Crippen molar-refractivity contribution in [3.8, 4) is 5.69 Å². The number of nitrogens with zero attached hydrogens (tertiary/aromatic N) is 4. The van der Waals surface area contributed by atoms with Gasteiger partial charge in [0.25, 0.3) is 5.56 Å². The van der Waals surface area contributed by atoms with Crippen molar-refractivity contribution >= 4 is 11.2 Å². The van der Waals surface area contributed by atoms with Gasteiger partial charge in [0.2, 0.25) is 0 Å². The van der Waals surface area contributed by atoms with E-state index in [9.17, 15) is 9.59 Å². The second-order valence-corrected chi connectivity index (χ2v) is 6.06. The van der Waals surface area contributed by atoms with E-state index in [1.54, 1.807) is 15.5 Å². The minimum atomic E-state index is -0.296. The average Bonchev–Trinajstić information content (AvgIpc) is 3.27. The maximum absolute atomic E-state index is 12.9. The van der Waals surface area contributed by atoms with Crippen LogP contribution < -0.4 is 11.2 Å². The highest BCUT2D eigenvalue weighted by Gasteiger charge is 2.30. The molecule has 1 aliphatic carbocycles. The molecular formula is C17H18N4O2. The third-order valence-corrected chi connectivity index (χ3v) is 4.39. The number of rotatable bonds is 3. The molecule has 4 rings (SSSR count). The molecule has 0 atom stereocenters. The minimum absolute atomic E-state index is 0.0244. The number of hydrogen-bond acceptors (Lipinski definition) is 3. The standard InChI is InChI=1S/C17H18N4O2/c1-3-19-10-18-15-14(19)16(22)21(13-8-9-13)17(23)20(15)12-6-4-11(2)5-7-12/h4-7,10,13H,3,8-9H2,1-2H3. The second-order valence-electron chi connectivity index (χ2n) is 6.06. The summed E-state index contributed by atoms with van der Waals surface area (Å²) in [6.45, 7) is 4.60. The van der Waals surface area contributed by atoms with E-state index in [-0.39, 0.29) is 17.3 Å². The van der Waals surface area contributed by atoms with Crippen LogP contribution >= 0.6 is 0 Å². The number of imidazole rings is 1. The molecular weight excluding hydrogens is 292 g/mol. The van der Waals surface area contributed by atoms with Crippen molar-refractivity contribution < 1.29 is 0 Å². The summed E-state index contributed by atoms with van der Waals surface area (Å²) >= 11 is 0. The summed E-state index contributed by atoms with van der Waals surface area (Å²) in [7, 11) is 0. The number of benzene rings is 1. The van der Waals surface area contributed by atoms with Crippen LogP contribution in [0.3, 0.4) is 0 Å². The quantitative estimate of drug-likeness (QED) is 0.743. The van der Waals surface area contributed by atoms with E-state index in [1.807, 2.05) is 38.1 Å². The Labute approximate surface area is 132 Å². The largest absolute Gasteiger partial charge is 0.337 e. The van der Waals surface area contributed by atoms with Crippen LogP contribution in [0.4, 0.5) is 0 Å². The van der Waals surface area contributed by atoms with Crippen LogP contribution in [-0.4, -0.2) is 18.7 Å². The molecule has 0 N–H and O–H groups in total. The molecule has 0 spiro atoms. The van der Waals surface area contributed by atoms with E-state index in [4.69, 9.17) is 0 Å². The third kappa shape index (κ3) is 2.05. The summed E-state index contributed by atoms with van der Waals surface area (Å²) in [6, 6.07) is 7.72. The predicted octanol–water partition coefficient (Wildman–Crippen LogP) is 2.01. The average molecular weight is 310 g/mol. The van der Waals surface area contributed by atoms with Crippen molar-refractivity contribution in [1.29, 1.82) is 0 Å². The van der Waals surface area contributed by atoms with Gasteiger partial charge in [0.05, 0.1) is 12.0 Å². The Balaban J connectivity index is 2.14. The van der Waals surface area contributed by atoms with Gasteiger partial charge in [0, 0.05) is 12.6 Å². The highest BCUT2D eigenvalue weighted by molar-refractivity contribution is 5.72. The molecule has 6 nitrogen and oxygen atoms in total. The maximum atomic E-state index is 12.9. The van der Waals surface area contributed by atoms with Gasteiger partial charge < -0.3 is 4.57 Å².